The number of nitrogens with zero attached hydrogens (tertiary/aromatic N) is 2. The van der Waals surface area contributed by atoms with Crippen molar-refractivity contribution in [2.75, 3.05) is 26.7 Å². The SMILES string of the molecule is COC(=O)CN(CC#N)C[C@@H]1CCCC[C@@H]1C. The van der Waals surface area contributed by atoms with Crippen LogP contribution < -0.4 is 0 Å². The Balaban J connectivity index is 2.47. The number of hydrogen-bond acceptors (Lipinski definition) is 4. The van der Waals surface area contributed by atoms with E-state index in [4.69, 9.17) is 5.26 Å². The Morgan fingerprint density at radius 1 is 1.47 bits per heavy atom. The zero-order valence-electron chi connectivity index (χ0n) is 10.8. The number of ether oxygens (including phenoxy) is 1. The van der Waals surface area contributed by atoms with E-state index >= 15 is 0 Å². The van der Waals surface area contributed by atoms with Crippen molar-refractivity contribution < 1.29 is 9.53 Å². The van der Waals surface area contributed by atoms with E-state index in [-0.39, 0.29) is 12.5 Å². The van der Waals surface area contributed by atoms with E-state index in [1.165, 1.54) is 32.8 Å². The molecule has 0 unspecified atom stereocenters. The van der Waals surface area contributed by atoms with Gasteiger partial charge in [0.05, 0.1) is 26.3 Å². The highest BCUT2D eigenvalue weighted by Gasteiger charge is 2.24. The van der Waals surface area contributed by atoms with Crippen molar-refractivity contribution in [1.82, 2.24) is 4.90 Å². The third kappa shape index (κ3) is 4.74. The number of esters is 1. The van der Waals surface area contributed by atoms with Crippen molar-refractivity contribution in [2.45, 2.75) is 32.6 Å². The van der Waals surface area contributed by atoms with Gasteiger partial charge >= 0.3 is 5.97 Å². The molecule has 0 saturated heterocycles. The summed E-state index contributed by atoms with van der Waals surface area (Å²) in [4.78, 5) is 13.1. The molecule has 2 atom stereocenters. The minimum absolute atomic E-state index is 0.229. The van der Waals surface area contributed by atoms with E-state index in [1.54, 1.807) is 0 Å². The number of hydrogen-bond donors (Lipinski definition) is 0. The van der Waals surface area contributed by atoms with Crippen molar-refractivity contribution in [1.29, 1.82) is 5.26 Å². The lowest BCUT2D eigenvalue weighted by Gasteiger charge is -2.32. The summed E-state index contributed by atoms with van der Waals surface area (Å²) in [6, 6.07) is 2.12. The molecule has 17 heavy (non-hydrogen) atoms. The van der Waals surface area contributed by atoms with Crippen LogP contribution in [0.25, 0.3) is 0 Å². The third-order valence-electron chi connectivity index (χ3n) is 3.66. The molecule has 0 aromatic rings. The molecule has 0 bridgehead atoms. The first-order valence-corrected chi connectivity index (χ1v) is 6.33. The Hall–Kier alpha value is -1.08. The Morgan fingerprint density at radius 3 is 2.76 bits per heavy atom. The molecule has 1 aliphatic carbocycles. The smallest absolute Gasteiger partial charge is 0.319 e. The Labute approximate surface area is 104 Å². The topological polar surface area (TPSA) is 53.3 Å². The predicted octanol–water partition coefficient (Wildman–Crippen LogP) is 1.81. The minimum atomic E-state index is -0.260. The maximum atomic E-state index is 11.2. The Morgan fingerprint density at radius 2 is 2.18 bits per heavy atom. The van der Waals surface area contributed by atoms with E-state index in [0.29, 0.717) is 18.4 Å². The summed E-state index contributed by atoms with van der Waals surface area (Å²) in [5, 5.41) is 8.77. The highest BCUT2D eigenvalue weighted by atomic mass is 16.5. The van der Waals surface area contributed by atoms with Crippen molar-refractivity contribution in [3.05, 3.63) is 0 Å². The van der Waals surface area contributed by atoms with Crippen LogP contribution in [0.4, 0.5) is 0 Å². The Bertz CT molecular complexity index is 286. The summed E-state index contributed by atoms with van der Waals surface area (Å²) in [6.07, 6.45) is 5.06. The minimum Gasteiger partial charge on any atom is -0.468 e. The fourth-order valence-electron chi connectivity index (χ4n) is 2.53. The largest absolute Gasteiger partial charge is 0.468 e. The van der Waals surface area contributed by atoms with Gasteiger partial charge in [0.2, 0.25) is 0 Å². The van der Waals surface area contributed by atoms with Crippen molar-refractivity contribution >= 4 is 5.97 Å². The van der Waals surface area contributed by atoms with E-state index in [2.05, 4.69) is 17.7 Å². The van der Waals surface area contributed by atoms with E-state index in [0.717, 1.165) is 6.54 Å². The molecule has 0 aliphatic heterocycles. The molecule has 0 amide bonds. The molecule has 0 aromatic heterocycles. The molecule has 96 valence electrons. The van der Waals surface area contributed by atoms with Gasteiger partial charge in [0, 0.05) is 6.54 Å². The van der Waals surface area contributed by atoms with Crippen LogP contribution in [0.3, 0.4) is 0 Å². The lowest BCUT2D eigenvalue weighted by molar-refractivity contribution is -0.142. The molecule has 4 heteroatoms. The van der Waals surface area contributed by atoms with Crippen LogP contribution in [0.1, 0.15) is 32.6 Å². The normalized spacial score (nSPS) is 24.4. The fraction of sp³-hybridized carbons (Fsp3) is 0.846. The highest BCUT2D eigenvalue weighted by molar-refractivity contribution is 5.71. The van der Waals surface area contributed by atoms with Gasteiger partial charge in [0.1, 0.15) is 0 Å². The number of carbonyl (C=O) groups is 1. The van der Waals surface area contributed by atoms with Crippen molar-refractivity contribution in [2.24, 2.45) is 11.8 Å². The number of nitriles is 1. The Kier molecular flexibility index (Phi) is 5.99. The standard InChI is InChI=1S/C13H22N2O2/c1-11-5-3-4-6-12(11)9-15(8-7-14)10-13(16)17-2/h11-12H,3-6,8-10H2,1-2H3/t11-,12-/m0/s1. The highest BCUT2D eigenvalue weighted by Crippen LogP contribution is 2.30. The van der Waals surface area contributed by atoms with E-state index in [9.17, 15) is 4.79 Å². The molecular formula is C13H22N2O2. The zero-order chi connectivity index (χ0) is 12.7. The lowest BCUT2D eigenvalue weighted by atomic mass is 9.80. The molecule has 1 rings (SSSR count). The van der Waals surface area contributed by atoms with Gasteiger partial charge < -0.3 is 4.74 Å². The number of methoxy groups -OCH3 is 1. The van der Waals surface area contributed by atoms with Gasteiger partial charge in [0.15, 0.2) is 0 Å². The lowest BCUT2D eigenvalue weighted by Crippen LogP contribution is -2.37. The monoisotopic (exact) mass is 238 g/mol. The zero-order valence-corrected chi connectivity index (χ0v) is 10.8. The first-order valence-electron chi connectivity index (χ1n) is 6.33. The quantitative estimate of drug-likeness (QED) is 0.541. The van der Waals surface area contributed by atoms with Crippen LogP contribution in [0.2, 0.25) is 0 Å². The van der Waals surface area contributed by atoms with Crippen molar-refractivity contribution in [3.8, 4) is 6.07 Å². The first kappa shape index (κ1) is 14.0. The molecule has 0 spiro atoms. The first-order chi connectivity index (χ1) is 8.17. The number of carbonyl (C=O) groups excluding carboxylic acids is 1. The van der Waals surface area contributed by atoms with Gasteiger partial charge in [-0.2, -0.15) is 5.26 Å². The summed E-state index contributed by atoms with van der Waals surface area (Å²) < 4.78 is 4.65. The molecule has 1 aliphatic rings. The second-order valence-electron chi connectivity index (χ2n) is 4.93. The van der Waals surface area contributed by atoms with Crippen LogP contribution >= 0.6 is 0 Å². The van der Waals surface area contributed by atoms with Gasteiger partial charge in [-0.1, -0.05) is 26.2 Å². The fourth-order valence-corrected chi connectivity index (χ4v) is 2.53. The summed E-state index contributed by atoms with van der Waals surface area (Å²) in [5.41, 5.74) is 0. The van der Waals surface area contributed by atoms with Crippen LogP contribution in [0.5, 0.6) is 0 Å². The van der Waals surface area contributed by atoms with Gasteiger partial charge in [-0.25, -0.2) is 0 Å². The molecule has 0 radical (unpaired) electrons. The average molecular weight is 238 g/mol. The maximum absolute atomic E-state index is 11.2. The summed E-state index contributed by atoms with van der Waals surface area (Å²) in [7, 11) is 1.39. The molecular weight excluding hydrogens is 216 g/mol. The van der Waals surface area contributed by atoms with Crippen molar-refractivity contribution in [3.63, 3.8) is 0 Å². The summed E-state index contributed by atoms with van der Waals surface area (Å²) in [6.45, 7) is 3.64. The van der Waals surface area contributed by atoms with Gasteiger partial charge in [0.25, 0.3) is 0 Å². The van der Waals surface area contributed by atoms with Crippen LogP contribution in [-0.2, 0) is 9.53 Å². The van der Waals surface area contributed by atoms with E-state index in [1.807, 2.05) is 4.90 Å². The molecule has 4 nitrogen and oxygen atoms in total. The molecule has 1 saturated carbocycles. The second-order valence-corrected chi connectivity index (χ2v) is 4.93. The van der Waals surface area contributed by atoms with Crippen LogP contribution in [0, 0.1) is 23.2 Å². The molecule has 1 fully saturated rings. The number of rotatable bonds is 5. The van der Waals surface area contributed by atoms with Gasteiger partial charge in [-0.3, -0.25) is 9.69 Å². The van der Waals surface area contributed by atoms with Crippen LogP contribution in [0.15, 0.2) is 0 Å². The molecule has 0 N–H and O–H groups in total. The van der Waals surface area contributed by atoms with Gasteiger partial charge in [-0.05, 0) is 18.3 Å². The molecule has 0 aromatic carbocycles. The summed E-state index contributed by atoms with van der Waals surface area (Å²) >= 11 is 0. The third-order valence-corrected chi connectivity index (χ3v) is 3.66. The molecule has 0 heterocycles. The average Bonchev–Trinajstić information content (AvgIpc) is 2.32. The van der Waals surface area contributed by atoms with Gasteiger partial charge in [-0.15, -0.1) is 0 Å². The summed E-state index contributed by atoms with van der Waals surface area (Å²) in [5.74, 6) is 1.05. The second kappa shape index (κ2) is 7.29. The van der Waals surface area contributed by atoms with E-state index < -0.39 is 0 Å². The predicted molar refractivity (Wildman–Crippen MR) is 65.2 cm³/mol. The maximum Gasteiger partial charge on any atom is 0.319 e. The van der Waals surface area contributed by atoms with Crippen LogP contribution in [-0.4, -0.2) is 37.6 Å².